The van der Waals surface area contributed by atoms with Crippen molar-refractivity contribution in [3.63, 3.8) is 0 Å². The fourth-order valence-electron chi connectivity index (χ4n) is 3.77. The van der Waals surface area contributed by atoms with E-state index in [2.05, 4.69) is 6.92 Å². The van der Waals surface area contributed by atoms with Gasteiger partial charge in [0.1, 0.15) is 6.26 Å². The lowest BCUT2D eigenvalue weighted by atomic mass is 9.89. The van der Waals surface area contributed by atoms with Crippen LogP contribution in [0.15, 0.2) is 23.0 Å². The molecule has 3 rings (SSSR count). The Labute approximate surface area is 142 Å². The van der Waals surface area contributed by atoms with E-state index in [4.69, 9.17) is 4.42 Å². The Hall–Kier alpha value is -1.82. The molecule has 0 spiro atoms. The van der Waals surface area contributed by atoms with E-state index in [1.54, 1.807) is 11.0 Å². The Morgan fingerprint density at radius 2 is 2.00 bits per heavy atom. The second-order valence-electron chi connectivity index (χ2n) is 7.04. The van der Waals surface area contributed by atoms with Crippen LogP contribution >= 0.6 is 0 Å². The Balaban J connectivity index is 1.56. The lowest BCUT2D eigenvalue weighted by Crippen LogP contribution is -2.50. The number of hydrogen-bond acceptors (Lipinski definition) is 4. The Morgan fingerprint density at radius 3 is 2.62 bits per heavy atom. The number of nitrogens with zero attached hydrogens (tertiary/aromatic N) is 2. The number of aliphatic hydroxyl groups is 1. The van der Waals surface area contributed by atoms with E-state index in [-0.39, 0.29) is 36.3 Å². The maximum atomic E-state index is 12.9. The summed E-state index contributed by atoms with van der Waals surface area (Å²) in [6.07, 6.45) is 6.31. The zero-order chi connectivity index (χ0) is 17.1. The van der Waals surface area contributed by atoms with Crippen LogP contribution in [-0.4, -0.2) is 59.0 Å². The first-order chi connectivity index (χ1) is 11.6. The van der Waals surface area contributed by atoms with Crippen LogP contribution in [0.5, 0.6) is 0 Å². The van der Waals surface area contributed by atoms with Gasteiger partial charge in [0, 0.05) is 38.2 Å². The Morgan fingerprint density at radius 1 is 1.25 bits per heavy atom. The molecule has 2 unspecified atom stereocenters. The Bertz CT molecular complexity index is 564. The number of hydrogen-bond donors (Lipinski definition) is 1. The van der Waals surface area contributed by atoms with Gasteiger partial charge >= 0.3 is 0 Å². The molecular weight excluding hydrogens is 308 g/mol. The fourth-order valence-corrected chi connectivity index (χ4v) is 3.77. The molecule has 1 aromatic heterocycles. The topological polar surface area (TPSA) is 74.0 Å². The van der Waals surface area contributed by atoms with Crippen LogP contribution in [0.3, 0.4) is 0 Å². The molecule has 2 aliphatic heterocycles. The molecule has 2 saturated heterocycles. The highest BCUT2D eigenvalue weighted by molar-refractivity contribution is 5.94. The normalized spacial score (nSPS) is 25.8. The molecule has 132 valence electrons. The molecule has 24 heavy (non-hydrogen) atoms. The van der Waals surface area contributed by atoms with Crippen LogP contribution in [0, 0.1) is 11.8 Å². The highest BCUT2D eigenvalue weighted by Gasteiger charge is 2.35. The minimum absolute atomic E-state index is 0.0155. The third-order valence-electron chi connectivity index (χ3n) is 5.42. The number of likely N-dealkylation sites (tertiary alicyclic amines) is 2. The van der Waals surface area contributed by atoms with Crippen molar-refractivity contribution >= 4 is 11.8 Å². The lowest BCUT2D eigenvalue weighted by molar-refractivity contribution is -0.141. The van der Waals surface area contributed by atoms with Crippen molar-refractivity contribution in [2.45, 2.75) is 38.6 Å². The van der Waals surface area contributed by atoms with Crippen LogP contribution in [0.25, 0.3) is 0 Å². The molecule has 2 fully saturated rings. The number of furan rings is 1. The standard InChI is InChI=1S/C18H26N2O4/c1-13-2-3-14(11-21)10-20(13)18(23)15-4-7-19(8-5-15)17(22)16-6-9-24-12-16/h6,9,12-15,21H,2-5,7-8,10-11H2,1H3. The van der Waals surface area contributed by atoms with Gasteiger partial charge in [0.15, 0.2) is 0 Å². The summed E-state index contributed by atoms with van der Waals surface area (Å²) in [6.45, 7) is 4.10. The predicted octanol–water partition coefficient (Wildman–Crippen LogP) is 1.75. The van der Waals surface area contributed by atoms with Crippen molar-refractivity contribution in [2.24, 2.45) is 11.8 Å². The molecule has 0 radical (unpaired) electrons. The summed E-state index contributed by atoms with van der Waals surface area (Å²) in [5, 5.41) is 9.38. The number of rotatable bonds is 3. The first kappa shape index (κ1) is 17.0. The van der Waals surface area contributed by atoms with E-state index < -0.39 is 0 Å². The summed E-state index contributed by atoms with van der Waals surface area (Å²) < 4.78 is 4.97. The van der Waals surface area contributed by atoms with E-state index in [1.165, 1.54) is 12.5 Å². The molecule has 6 nitrogen and oxygen atoms in total. The van der Waals surface area contributed by atoms with Gasteiger partial charge in [0.05, 0.1) is 11.8 Å². The molecule has 6 heteroatoms. The van der Waals surface area contributed by atoms with E-state index in [0.29, 0.717) is 38.0 Å². The maximum absolute atomic E-state index is 12.9. The first-order valence-corrected chi connectivity index (χ1v) is 8.83. The summed E-state index contributed by atoms with van der Waals surface area (Å²) in [4.78, 5) is 28.9. The van der Waals surface area contributed by atoms with Crippen molar-refractivity contribution < 1.29 is 19.1 Å². The van der Waals surface area contributed by atoms with Crippen molar-refractivity contribution in [1.82, 2.24) is 9.80 Å². The van der Waals surface area contributed by atoms with Crippen molar-refractivity contribution in [3.8, 4) is 0 Å². The molecule has 1 aromatic rings. The molecule has 0 aliphatic carbocycles. The average Bonchev–Trinajstić information content (AvgIpc) is 3.16. The minimum Gasteiger partial charge on any atom is -0.472 e. The number of aliphatic hydroxyl groups excluding tert-OH is 1. The quantitative estimate of drug-likeness (QED) is 0.914. The largest absolute Gasteiger partial charge is 0.472 e. The van der Waals surface area contributed by atoms with E-state index >= 15 is 0 Å². The third-order valence-corrected chi connectivity index (χ3v) is 5.42. The molecule has 1 N–H and O–H groups in total. The second kappa shape index (κ2) is 7.38. The van der Waals surface area contributed by atoms with Gasteiger partial charge in [-0.05, 0) is 44.6 Å². The molecule has 0 saturated carbocycles. The monoisotopic (exact) mass is 334 g/mol. The lowest BCUT2D eigenvalue weighted by Gasteiger charge is -2.41. The zero-order valence-corrected chi connectivity index (χ0v) is 14.2. The number of amides is 2. The van der Waals surface area contributed by atoms with Crippen LogP contribution in [0.4, 0.5) is 0 Å². The van der Waals surface area contributed by atoms with Gasteiger partial charge in [-0.1, -0.05) is 0 Å². The van der Waals surface area contributed by atoms with Gasteiger partial charge in [-0.25, -0.2) is 0 Å². The first-order valence-electron chi connectivity index (χ1n) is 8.83. The van der Waals surface area contributed by atoms with E-state index in [9.17, 15) is 14.7 Å². The third kappa shape index (κ3) is 3.48. The van der Waals surface area contributed by atoms with Crippen LogP contribution in [-0.2, 0) is 4.79 Å². The van der Waals surface area contributed by atoms with Crippen molar-refractivity contribution in [1.29, 1.82) is 0 Å². The van der Waals surface area contributed by atoms with Gasteiger partial charge in [0.25, 0.3) is 5.91 Å². The summed E-state index contributed by atoms with van der Waals surface area (Å²) >= 11 is 0. The highest BCUT2D eigenvalue weighted by Crippen LogP contribution is 2.27. The maximum Gasteiger partial charge on any atom is 0.257 e. The summed E-state index contributed by atoms with van der Waals surface area (Å²) in [5.41, 5.74) is 0.565. The average molecular weight is 334 g/mol. The summed E-state index contributed by atoms with van der Waals surface area (Å²) in [5.74, 6) is 0.351. The smallest absolute Gasteiger partial charge is 0.257 e. The molecule has 3 heterocycles. The minimum atomic E-state index is -0.0265. The van der Waals surface area contributed by atoms with E-state index in [1.807, 2.05) is 4.90 Å². The summed E-state index contributed by atoms with van der Waals surface area (Å²) in [6, 6.07) is 1.91. The molecule has 0 aromatic carbocycles. The second-order valence-corrected chi connectivity index (χ2v) is 7.04. The van der Waals surface area contributed by atoms with Crippen LogP contribution in [0.2, 0.25) is 0 Å². The number of carbonyl (C=O) groups excluding carboxylic acids is 2. The summed E-state index contributed by atoms with van der Waals surface area (Å²) in [7, 11) is 0. The highest BCUT2D eigenvalue weighted by atomic mass is 16.3. The SMILES string of the molecule is CC1CCC(CO)CN1C(=O)C1CCN(C(=O)c2ccoc2)CC1. The van der Waals surface area contributed by atoms with Crippen molar-refractivity contribution in [2.75, 3.05) is 26.2 Å². The van der Waals surface area contributed by atoms with Gasteiger partial charge in [-0.2, -0.15) is 0 Å². The zero-order valence-electron chi connectivity index (χ0n) is 14.2. The van der Waals surface area contributed by atoms with Gasteiger partial charge in [0.2, 0.25) is 5.91 Å². The van der Waals surface area contributed by atoms with E-state index in [0.717, 1.165) is 12.8 Å². The molecular formula is C18H26N2O4. The van der Waals surface area contributed by atoms with Gasteiger partial charge < -0.3 is 19.3 Å². The predicted molar refractivity (Wildman–Crippen MR) is 88.3 cm³/mol. The van der Waals surface area contributed by atoms with Gasteiger partial charge in [-0.3, -0.25) is 9.59 Å². The van der Waals surface area contributed by atoms with Crippen molar-refractivity contribution in [3.05, 3.63) is 24.2 Å². The molecule has 0 bridgehead atoms. The van der Waals surface area contributed by atoms with Gasteiger partial charge in [-0.15, -0.1) is 0 Å². The number of piperidine rings is 2. The van der Waals surface area contributed by atoms with Crippen LogP contribution in [0.1, 0.15) is 43.0 Å². The van der Waals surface area contributed by atoms with Crippen LogP contribution < -0.4 is 0 Å². The molecule has 2 atom stereocenters. The molecule has 2 aliphatic rings. The molecule has 2 amide bonds. The Kier molecular flexibility index (Phi) is 5.23. The number of carbonyl (C=O) groups is 2. The fraction of sp³-hybridized carbons (Fsp3) is 0.667.